The second kappa shape index (κ2) is 3.81. The molecule has 2 aliphatic heterocycles. The van der Waals surface area contributed by atoms with E-state index in [0.29, 0.717) is 0 Å². The highest BCUT2D eigenvalue weighted by Gasteiger charge is 2.18. The van der Waals surface area contributed by atoms with Crippen LogP contribution in [0.1, 0.15) is 0 Å². The molecule has 0 aromatic rings. The Kier molecular flexibility index (Phi) is 2.52. The summed E-state index contributed by atoms with van der Waals surface area (Å²) in [5.74, 6) is 2.87. The topological polar surface area (TPSA) is 37.1 Å². The van der Waals surface area contributed by atoms with Gasteiger partial charge in [-0.15, -0.1) is 0 Å². The predicted molar refractivity (Wildman–Crippen MR) is 62.7 cm³/mol. The van der Waals surface area contributed by atoms with E-state index in [1.807, 2.05) is 18.5 Å². The second-order valence-corrected chi connectivity index (χ2v) is 3.79. The standard InChI is InChI=1S/C9H6IN3/c10-8-6-12-5-7(8)9-1-2-11-3-4-13-9/h1-2,4-7H. The number of hydrogen-bond acceptors (Lipinski definition) is 3. The molecule has 0 aromatic heterocycles. The summed E-state index contributed by atoms with van der Waals surface area (Å²) in [5, 5.41) is 0. The minimum atomic E-state index is 0.197. The summed E-state index contributed by atoms with van der Waals surface area (Å²) in [6.45, 7) is 0. The first-order valence-corrected chi connectivity index (χ1v) is 4.86. The molecule has 0 spiro atoms. The summed E-state index contributed by atoms with van der Waals surface area (Å²) >= 11 is 2.27. The highest BCUT2D eigenvalue weighted by Crippen LogP contribution is 2.24. The SMILES string of the molecule is IC1=CN=CC1C1=NC=C=NC=C1. The van der Waals surface area contributed by atoms with Crippen LogP contribution in [0.2, 0.25) is 0 Å². The van der Waals surface area contributed by atoms with Crippen LogP contribution >= 0.6 is 22.6 Å². The fourth-order valence-corrected chi connectivity index (χ4v) is 1.73. The smallest absolute Gasteiger partial charge is 0.0885 e. The summed E-state index contributed by atoms with van der Waals surface area (Å²) in [4.78, 5) is 12.1. The van der Waals surface area contributed by atoms with E-state index in [-0.39, 0.29) is 5.92 Å². The molecule has 3 nitrogen and oxygen atoms in total. The van der Waals surface area contributed by atoms with Crippen molar-refractivity contribution >= 4 is 40.4 Å². The molecule has 2 heterocycles. The molecule has 0 aliphatic carbocycles. The Morgan fingerprint density at radius 1 is 1.46 bits per heavy atom. The van der Waals surface area contributed by atoms with E-state index in [0.717, 1.165) is 5.71 Å². The van der Waals surface area contributed by atoms with Gasteiger partial charge in [-0.1, -0.05) is 0 Å². The lowest BCUT2D eigenvalue weighted by Gasteiger charge is -2.05. The zero-order chi connectivity index (χ0) is 9.10. The van der Waals surface area contributed by atoms with Gasteiger partial charge < -0.3 is 0 Å². The van der Waals surface area contributed by atoms with Crippen molar-refractivity contribution in [2.45, 2.75) is 0 Å². The van der Waals surface area contributed by atoms with Crippen molar-refractivity contribution in [1.29, 1.82) is 0 Å². The van der Waals surface area contributed by atoms with Crippen LogP contribution in [0.5, 0.6) is 0 Å². The molecular weight excluding hydrogens is 277 g/mol. The van der Waals surface area contributed by atoms with Gasteiger partial charge in [0, 0.05) is 28.1 Å². The molecule has 2 rings (SSSR count). The number of aliphatic imine (C=N–C) groups is 3. The van der Waals surface area contributed by atoms with Gasteiger partial charge in [0.2, 0.25) is 0 Å². The molecule has 0 aromatic carbocycles. The van der Waals surface area contributed by atoms with Crippen molar-refractivity contribution < 1.29 is 0 Å². The average molecular weight is 283 g/mol. The first-order valence-electron chi connectivity index (χ1n) is 3.78. The van der Waals surface area contributed by atoms with Gasteiger partial charge in [-0.05, 0) is 28.7 Å². The van der Waals surface area contributed by atoms with Crippen LogP contribution in [-0.4, -0.2) is 17.8 Å². The predicted octanol–water partition coefficient (Wildman–Crippen LogP) is 2.12. The van der Waals surface area contributed by atoms with Gasteiger partial charge in [0.1, 0.15) is 0 Å². The molecular formula is C9H6IN3. The van der Waals surface area contributed by atoms with E-state index in [9.17, 15) is 0 Å². The first-order chi connectivity index (χ1) is 6.38. The third kappa shape index (κ3) is 1.84. The summed E-state index contributed by atoms with van der Waals surface area (Å²) < 4.78 is 1.18. The normalized spacial score (nSPS) is 24.5. The maximum atomic E-state index is 4.22. The van der Waals surface area contributed by atoms with Gasteiger partial charge in [0.25, 0.3) is 0 Å². The molecule has 2 aliphatic rings. The van der Waals surface area contributed by atoms with Crippen molar-refractivity contribution in [3.8, 4) is 0 Å². The monoisotopic (exact) mass is 283 g/mol. The maximum Gasteiger partial charge on any atom is 0.0885 e. The summed E-state index contributed by atoms with van der Waals surface area (Å²) in [6, 6.07) is 0. The highest BCUT2D eigenvalue weighted by atomic mass is 127. The van der Waals surface area contributed by atoms with Gasteiger partial charge >= 0.3 is 0 Å². The Hall–Kier alpha value is -1.00. The van der Waals surface area contributed by atoms with Crippen molar-refractivity contribution in [3.05, 3.63) is 28.3 Å². The van der Waals surface area contributed by atoms with Gasteiger partial charge in [-0.2, -0.15) is 0 Å². The van der Waals surface area contributed by atoms with Gasteiger partial charge in [0.15, 0.2) is 0 Å². The highest BCUT2D eigenvalue weighted by molar-refractivity contribution is 14.1. The molecule has 1 unspecified atom stereocenters. The second-order valence-electron chi connectivity index (χ2n) is 2.55. The zero-order valence-electron chi connectivity index (χ0n) is 6.68. The van der Waals surface area contributed by atoms with Crippen LogP contribution in [0.4, 0.5) is 0 Å². The molecule has 64 valence electrons. The third-order valence-corrected chi connectivity index (χ3v) is 2.66. The van der Waals surface area contributed by atoms with Crippen molar-refractivity contribution in [1.82, 2.24) is 0 Å². The minimum Gasteiger partial charge on any atom is -0.267 e. The quantitative estimate of drug-likeness (QED) is 0.661. The van der Waals surface area contributed by atoms with Crippen LogP contribution < -0.4 is 0 Å². The van der Waals surface area contributed by atoms with E-state index >= 15 is 0 Å². The Bertz CT molecular complexity index is 395. The van der Waals surface area contributed by atoms with Crippen LogP contribution in [0.25, 0.3) is 0 Å². The van der Waals surface area contributed by atoms with Gasteiger partial charge in [0.05, 0.1) is 17.8 Å². The molecule has 1 atom stereocenters. The van der Waals surface area contributed by atoms with E-state index in [1.165, 1.54) is 3.58 Å². The Balaban J connectivity index is 2.28. The van der Waals surface area contributed by atoms with Crippen LogP contribution in [-0.2, 0) is 0 Å². The molecule has 0 bridgehead atoms. The van der Waals surface area contributed by atoms with Crippen LogP contribution in [0, 0.1) is 5.92 Å². The van der Waals surface area contributed by atoms with E-state index in [4.69, 9.17) is 0 Å². The summed E-state index contributed by atoms with van der Waals surface area (Å²) in [7, 11) is 0. The molecule has 0 saturated carbocycles. The fraction of sp³-hybridized carbons (Fsp3) is 0.111. The number of rotatable bonds is 1. The molecule has 13 heavy (non-hydrogen) atoms. The lowest BCUT2D eigenvalue weighted by molar-refractivity contribution is 1.26. The largest absolute Gasteiger partial charge is 0.267 e. The summed E-state index contributed by atoms with van der Waals surface area (Å²) in [5.41, 5.74) is 0.954. The molecule has 0 N–H and O–H groups in total. The van der Waals surface area contributed by atoms with Gasteiger partial charge in [-0.25, -0.2) is 4.99 Å². The van der Waals surface area contributed by atoms with Crippen LogP contribution in [0.3, 0.4) is 0 Å². The van der Waals surface area contributed by atoms with E-state index in [2.05, 4.69) is 43.4 Å². The molecule has 4 heteroatoms. The average Bonchev–Trinajstić information content (AvgIpc) is 2.43. The summed E-state index contributed by atoms with van der Waals surface area (Å²) in [6.07, 6.45) is 8.87. The zero-order valence-corrected chi connectivity index (χ0v) is 8.84. The lowest BCUT2D eigenvalue weighted by atomic mass is 10.1. The van der Waals surface area contributed by atoms with E-state index in [1.54, 1.807) is 12.4 Å². The molecule has 0 fully saturated rings. The number of hydrogen-bond donors (Lipinski definition) is 0. The van der Waals surface area contributed by atoms with Crippen molar-refractivity contribution in [2.75, 3.05) is 0 Å². The lowest BCUT2D eigenvalue weighted by Crippen LogP contribution is -2.11. The Morgan fingerprint density at radius 2 is 2.38 bits per heavy atom. The van der Waals surface area contributed by atoms with Crippen molar-refractivity contribution in [3.63, 3.8) is 0 Å². The number of allylic oxidation sites excluding steroid dienone is 2. The van der Waals surface area contributed by atoms with Crippen molar-refractivity contribution in [2.24, 2.45) is 20.9 Å². The molecule has 0 radical (unpaired) electrons. The van der Waals surface area contributed by atoms with E-state index < -0.39 is 0 Å². The number of halogens is 1. The third-order valence-electron chi connectivity index (χ3n) is 1.71. The maximum absolute atomic E-state index is 4.22. The Labute approximate surface area is 89.5 Å². The molecule has 0 amide bonds. The first kappa shape index (κ1) is 8.59. The van der Waals surface area contributed by atoms with Gasteiger partial charge in [-0.3, -0.25) is 9.98 Å². The minimum absolute atomic E-state index is 0.197. The fourth-order valence-electron chi connectivity index (χ4n) is 1.09. The molecule has 0 saturated heterocycles. The van der Waals surface area contributed by atoms with Crippen LogP contribution in [0.15, 0.2) is 43.2 Å². The Morgan fingerprint density at radius 3 is 3.15 bits per heavy atom. The number of nitrogens with zero attached hydrogens (tertiary/aromatic N) is 3.